The molecule has 0 bridgehead atoms. The van der Waals surface area contributed by atoms with Crippen molar-refractivity contribution in [2.75, 3.05) is 20.2 Å². The highest BCUT2D eigenvalue weighted by atomic mass is 35.5. The number of carbonyl (C=O) groups is 1. The summed E-state index contributed by atoms with van der Waals surface area (Å²) in [7, 11) is 1.18. The summed E-state index contributed by atoms with van der Waals surface area (Å²) in [5.74, 6) is -0.565. The Morgan fingerprint density at radius 3 is 2.80 bits per heavy atom. The van der Waals surface area contributed by atoms with Crippen LogP contribution in [0.4, 0.5) is 9.18 Å². The Morgan fingerprint density at radius 2 is 2.09 bits per heavy atom. The van der Waals surface area contributed by atoms with Crippen molar-refractivity contribution in [1.82, 2.24) is 14.5 Å². The average molecular weight is 522 g/mol. The molecule has 35 heavy (non-hydrogen) atoms. The largest absolute Gasteiger partial charge is 0.516 e. The molecule has 1 fully saturated rings. The minimum atomic E-state index is -0.937. The summed E-state index contributed by atoms with van der Waals surface area (Å²) < 4.78 is 32.4. The van der Waals surface area contributed by atoms with Gasteiger partial charge in [-0.25, -0.2) is 14.2 Å². The van der Waals surface area contributed by atoms with Crippen molar-refractivity contribution in [1.29, 1.82) is 0 Å². The molecule has 2 aromatic carbocycles. The van der Waals surface area contributed by atoms with E-state index in [2.05, 4.69) is 14.6 Å². The van der Waals surface area contributed by atoms with E-state index in [1.165, 1.54) is 36.2 Å². The van der Waals surface area contributed by atoms with Crippen LogP contribution < -0.4 is 9.47 Å². The zero-order valence-electron chi connectivity index (χ0n) is 18.7. The fourth-order valence-corrected chi connectivity index (χ4v) is 5.28. The monoisotopic (exact) mass is 521 g/mol. The highest BCUT2D eigenvalue weighted by Gasteiger charge is 2.42. The number of ether oxygens (including phenoxy) is 3. The molecule has 8 nitrogen and oxygen atoms in total. The maximum absolute atomic E-state index is 15.3. The molecular weight excluding hydrogens is 500 g/mol. The maximum atomic E-state index is 15.3. The van der Waals surface area contributed by atoms with Gasteiger partial charge >= 0.3 is 12.2 Å². The number of nitrogens with zero attached hydrogens (tertiary/aromatic N) is 3. The number of aromatic nitrogens is 2. The van der Waals surface area contributed by atoms with Crippen molar-refractivity contribution in [2.24, 2.45) is 0 Å². The van der Waals surface area contributed by atoms with Crippen LogP contribution in [0, 0.1) is 5.82 Å². The van der Waals surface area contributed by atoms with Gasteiger partial charge in [-0.3, -0.25) is 9.47 Å². The molecule has 1 aliphatic carbocycles. The molecule has 1 aromatic heterocycles. The maximum Gasteiger partial charge on any atom is 0.516 e. The number of hydrogen-bond acceptors (Lipinski definition) is 7. The first kappa shape index (κ1) is 23.9. The van der Waals surface area contributed by atoms with Crippen LogP contribution in [-0.2, 0) is 11.2 Å². The Kier molecular flexibility index (Phi) is 6.59. The molecule has 0 amide bonds. The number of rotatable bonds is 5. The van der Waals surface area contributed by atoms with Crippen molar-refractivity contribution in [3.8, 4) is 17.4 Å². The highest BCUT2D eigenvalue weighted by molar-refractivity contribution is 6.35. The Bertz CT molecular complexity index is 1270. The predicted molar refractivity (Wildman–Crippen MR) is 126 cm³/mol. The summed E-state index contributed by atoms with van der Waals surface area (Å²) in [5, 5.41) is 11.1. The Balaban J connectivity index is 1.45. The smallest absolute Gasteiger partial charge is 0.481 e. The average Bonchev–Trinajstić information content (AvgIpc) is 3.54. The molecule has 5 rings (SSSR count). The van der Waals surface area contributed by atoms with Gasteiger partial charge in [-0.1, -0.05) is 23.2 Å². The number of benzene rings is 2. The molecule has 184 valence electrons. The van der Waals surface area contributed by atoms with Gasteiger partial charge in [0.05, 0.1) is 24.9 Å². The van der Waals surface area contributed by atoms with E-state index in [9.17, 15) is 9.90 Å². The van der Waals surface area contributed by atoms with Crippen LogP contribution in [0.5, 0.6) is 11.8 Å². The minimum absolute atomic E-state index is 0.0444. The van der Waals surface area contributed by atoms with Gasteiger partial charge in [0.25, 0.3) is 0 Å². The fourth-order valence-electron chi connectivity index (χ4n) is 4.70. The minimum Gasteiger partial charge on any atom is -0.481 e. The quantitative estimate of drug-likeness (QED) is 0.492. The molecule has 0 saturated carbocycles. The van der Waals surface area contributed by atoms with Gasteiger partial charge in [0.2, 0.25) is 0 Å². The van der Waals surface area contributed by atoms with Gasteiger partial charge in [0.1, 0.15) is 6.10 Å². The van der Waals surface area contributed by atoms with E-state index in [-0.39, 0.29) is 17.8 Å². The summed E-state index contributed by atoms with van der Waals surface area (Å²) in [4.78, 5) is 17.6. The van der Waals surface area contributed by atoms with E-state index in [0.29, 0.717) is 41.7 Å². The van der Waals surface area contributed by atoms with Gasteiger partial charge in [0, 0.05) is 47.2 Å². The van der Waals surface area contributed by atoms with Crippen LogP contribution >= 0.6 is 23.2 Å². The van der Waals surface area contributed by atoms with E-state index < -0.39 is 24.2 Å². The molecule has 2 heterocycles. The molecule has 0 unspecified atom stereocenters. The molecule has 1 N–H and O–H groups in total. The van der Waals surface area contributed by atoms with Gasteiger partial charge < -0.3 is 19.3 Å². The van der Waals surface area contributed by atoms with E-state index in [1.807, 2.05) is 0 Å². The third-order valence-corrected chi connectivity index (χ3v) is 6.88. The van der Waals surface area contributed by atoms with Crippen LogP contribution in [0.1, 0.15) is 23.7 Å². The number of methoxy groups -OCH3 is 1. The lowest BCUT2D eigenvalue weighted by atomic mass is 10.1. The molecule has 2 aliphatic rings. The van der Waals surface area contributed by atoms with E-state index in [0.717, 1.165) is 11.1 Å². The second-order valence-electron chi connectivity index (χ2n) is 8.45. The second-order valence-corrected chi connectivity index (χ2v) is 9.30. The number of carbonyl (C=O) groups excluding carboxylic acids is 1. The van der Waals surface area contributed by atoms with Crippen LogP contribution in [0.3, 0.4) is 0 Å². The molecule has 0 spiro atoms. The van der Waals surface area contributed by atoms with E-state index >= 15 is 4.39 Å². The van der Waals surface area contributed by atoms with Crippen LogP contribution in [0.25, 0.3) is 5.69 Å². The van der Waals surface area contributed by atoms with Gasteiger partial charge in [-0.15, -0.1) is 0 Å². The molecule has 3 aromatic rings. The molecule has 3 atom stereocenters. The van der Waals surface area contributed by atoms with Crippen molar-refractivity contribution in [2.45, 2.75) is 31.1 Å². The van der Waals surface area contributed by atoms with Gasteiger partial charge in [-0.05, 0) is 42.7 Å². The van der Waals surface area contributed by atoms with Crippen molar-refractivity contribution in [3.63, 3.8) is 0 Å². The molecule has 11 heteroatoms. The van der Waals surface area contributed by atoms with Gasteiger partial charge in [0.15, 0.2) is 11.6 Å². The number of aliphatic hydroxyl groups excluding tert-OH is 1. The summed E-state index contributed by atoms with van der Waals surface area (Å²) in [6.07, 6.45) is 2.33. The third-order valence-electron chi connectivity index (χ3n) is 6.32. The number of imidazole rings is 1. The predicted octanol–water partition coefficient (Wildman–Crippen LogP) is 4.57. The first-order chi connectivity index (χ1) is 16.8. The SMILES string of the molecule is COC(=O)Oc1nccn1-c1ccc(O[C@H]2c3cc(Cl)cc(Cl)c3C[C@@H]2N2CC[C@@H](O)C2)c(F)c1. The normalized spacial score (nSPS) is 21.7. The van der Waals surface area contributed by atoms with E-state index in [4.69, 9.17) is 32.7 Å². The zero-order chi connectivity index (χ0) is 24.7. The van der Waals surface area contributed by atoms with Gasteiger partial charge in [-0.2, -0.15) is 0 Å². The number of β-amino-alcohol motifs (C(OH)–C–C–N with tert-alkyl or cyclic N) is 1. The molecule has 1 aliphatic heterocycles. The second kappa shape index (κ2) is 9.66. The van der Waals surface area contributed by atoms with Crippen LogP contribution in [0.15, 0.2) is 42.7 Å². The molecule has 0 radical (unpaired) electrons. The zero-order valence-corrected chi connectivity index (χ0v) is 20.2. The standard InChI is InChI=1S/C24H22Cl2FN3O5/c1-33-24(32)35-23-28-5-7-30(23)14-2-3-21(19(27)10-14)34-22-17-8-13(25)9-18(26)16(17)11-20(22)29-6-4-15(31)12-29/h2-3,5,7-10,15,20,22,31H,4,6,11-12H2,1H3/t15-,20+,22+/m1/s1. The van der Waals surface area contributed by atoms with Crippen LogP contribution in [0.2, 0.25) is 10.0 Å². The first-order valence-electron chi connectivity index (χ1n) is 11.0. The molecule has 1 saturated heterocycles. The number of hydrogen-bond donors (Lipinski definition) is 1. The number of aliphatic hydroxyl groups is 1. The first-order valence-corrected chi connectivity index (χ1v) is 11.7. The van der Waals surface area contributed by atoms with Crippen LogP contribution in [-0.4, -0.2) is 58.1 Å². The Labute approximate surface area is 210 Å². The number of halogens is 3. The lowest BCUT2D eigenvalue weighted by molar-refractivity contribution is 0.0790. The third kappa shape index (κ3) is 4.69. The molecular formula is C24H22Cl2FN3O5. The van der Waals surface area contributed by atoms with Crippen molar-refractivity contribution >= 4 is 29.4 Å². The topological polar surface area (TPSA) is 86.0 Å². The summed E-state index contributed by atoms with van der Waals surface area (Å²) in [6, 6.07) is 7.68. The lowest BCUT2D eigenvalue weighted by Crippen LogP contribution is -2.39. The fraction of sp³-hybridized carbons (Fsp3) is 0.333. The number of fused-ring (bicyclic) bond motifs is 1. The Hall–Kier alpha value is -2.85. The highest BCUT2D eigenvalue weighted by Crippen LogP contribution is 2.43. The van der Waals surface area contributed by atoms with E-state index in [1.54, 1.807) is 18.2 Å². The number of likely N-dealkylation sites (tertiary alicyclic amines) is 1. The lowest BCUT2D eigenvalue weighted by Gasteiger charge is -2.30. The summed E-state index contributed by atoms with van der Waals surface area (Å²) in [5.41, 5.74) is 2.09. The van der Waals surface area contributed by atoms with Crippen molar-refractivity contribution in [3.05, 3.63) is 69.7 Å². The van der Waals surface area contributed by atoms with Crippen molar-refractivity contribution < 1.29 is 28.5 Å². The summed E-state index contributed by atoms with van der Waals surface area (Å²) in [6.45, 7) is 1.21. The summed E-state index contributed by atoms with van der Waals surface area (Å²) >= 11 is 12.8. The Morgan fingerprint density at radius 1 is 1.26 bits per heavy atom.